The van der Waals surface area contributed by atoms with E-state index in [4.69, 9.17) is 0 Å². The lowest BCUT2D eigenvalue weighted by Crippen LogP contribution is -2.21. The third-order valence-electron chi connectivity index (χ3n) is 2.98. The molecule has 0 saturated heterocycles. The molecule has 0 aliphatic heterocycles. The molecule has 0 spiro atoms. The van der Waals surface area contributed by atoms with Gasteiger partial charge in [0.2, 0.25) is 5.78 Å². The van der Waals surface area contributed by atoms with Crippen LogP contribution in [0.4, 0.5) is 0 Å². The predicted octanol–water partition coefficient (Wildman–Crippen LogP) is 3.25. The third kappa shape index (κ3) is 3.89. The summed E-state index contributed by atoms with van der Waals surface area (Å²) in [5.74, 6) is -0.363. The molecule has 0 saturated carbocycles. The lowest BCUT2D eigenvalue weighted by atomic mass is 10.0. The summed E-state index contributed by atoms with van der Waals surface area (Å²) >= 11 is 0. The quantitative estimate of drug-likeness (QED) is 0.652. The highest BCUT2D eigenvalue weighted by atomic mass is 16.1. The summed E-state index contributed by atoms with van der Waals surface area (Å²) in [4.78, 5) is 24.6. The Bertz CT molecular complexity index is 645. The van der Waals surface area contributed by atoms with E-state index in [2.05, 4.69) is 5.32 Å². The van der Waals surface area contributed by atoms with E-state index in [1.807, 2.05) is 19.1 Å². The van der Waals surface area contributed by atoms with Crippen LogP contribution < -0.4 is 5.32 Å². The number of allylic oxidation sites excluding steroid dienone is 2. The summed E-state index contributed by atoms with van der Waals surface area (Å²) in [5.41, 5.74) is 1.44. The fourth-order valence-corrected chi connectivity index (χ4v) is 1.95. The third-order valence-corrected chi connectivity index (χ3v) is 2.98. The fourth-order valence-electron chi connectivity index (χ4n) is 1.95. The van der Waals surface area contributed by atoms with Crippen molar-refractivity contribution in [3.63, 3.8) is 0 Å². The summed E-state index contributed by atoms with van der Waals surface area (Å²) in [7, 11) is 0. The number of hydrogen-bond acceptors (Lipinski definition) is 3. The molecule has 1 N–H and O–H groups in total. The number of carbonyl (C=O) groups is 2. The van der Waals surface area contributed by atoms with Gasteiger partial charge in [0.1, 0.15) is 0 Å². The number of hydrogen-bond donors (Lipinski definition) is 1. The van der Waals surface area contributed by atoms with Gasteiger partial charge in [-0.15, -0.1) is 0 Å². The standard InChI is InChI=1S/C18H17NO2/c1-2-19-16(18(21)15-11-7-4-8-12-15)13-17(20)14-9-5-3-6-10-14/h3-13,19H,2H2,1H3/b16-13-. The Morgan fingerprint density at radius 2 is 1.43 bits per heavy atom. The van der Waals surface area contributed by atoms with Gasteiger partial charge in [0.15, 0.2) is 5.78 Å². The van der Waals surface area contributed by atoms with Gasteiger partial charge >= 0.3 is 0 Å². The summed E-state index contributed by atoms with van der Waals surface area (Å²) in [6.07, 6.45) is 1.37. The van der Waals surface area contributed by atoms with Crippen molar-refractivity contribution in [3.05, 3.63) is 83.6 Å². The van der Waals surface area contributed by atoms with Crippen LogP contribution in [-0.4, -0.2) is 18.1 Å². The first-order valence-electron chi connectivity index (χ1n) is 6.87. The smallest absolute Gasteiger partial charge is 0.208 e. The number of likely N-dealkylation sites (N-methyl/N-ethyl adjacent to an activating group) is 1. The van der Waals surface area contributed by atoms with Gasteiger partial charge in [-0.05, 0) is 6.92 Å². The molecule has 0 atom stereocenters. The van der Waals surface area contributed by atoms with Crippen LogP contribution in [0.5, 0.6) is 0 Å². The van der Waals surface area contributed by atoms with E-state index < -0.39 is 0 Å². The molecule has 2 aromatic carbocycles. The molecule has 2 rings (SSSR count). The van der Waals surface area contributed by atoms with Crippen LogP contribution >= 0.6 is 0 Å². The zero-order valence-corrected chi connectivity index (χ0v) is 11.9. The maximum absolute atomic E-state index is 12.4. The lowest BCUT2D eigenvalue weighted by molar-refractivity contribution is 0.100. The number of carbonyl (C=O) groups excluding carboxylic acids is 2. The van der Waals surface area contributed by atoms with Crippen molar-refractivity contribution in [3.8, 4) is 0 Å². The molecule has 0 fully saturated rings. The fraction of sp³-hybridized carbons (Fsp3) is 0.111. The predicted molar refractivity (Wildman–Crippen MR) is 83.3 cm³/mol. The van der Waals surface area contributed by atoms with E-state index in [0.717, 1.165) is 0 Å². The highest BCUT2D eigenvalue weighted by molar-refractivity contribution is 6.14. The topological polar surface area (TPSA) is 46.2 Å². The molecule has 0 unspecified atom stereocenters. The maximum Gasteiger partial charge on any atom is 0.208 e. The first kappa shape index (κ1) is 14.7. The SMILES string of the molecule is CCN/C(=C\C(=O)c1ccccc1)C(=O)c1ccccc1. The number of benzene rings is 2. The Balaban J connectivity index is 2.28. The molecular formula is C18H17NO2. The van der Waals surface area contributed by atoms with E-state index >= 15 is 0 Å². The molecule has 21 heavy (non-hydrogen) atoms. The molecule has 0 aromatic heterocycles. The highest BCUT2D eigenvalue weighted by Crippen LogP contribution is 2.09. The highest BCUT2D eigenvalue weighted by Gasteiger charge is 2.13. The van der Waals surface area contributed by atoms with E-state index in [9.17, 15) is 9.59 Å². The normalized spacial score (nSPS) is 11.0. The second-order valence-electron chi connectivity index (χ2n) is 4.51. The van der Waals surface area contributed by atoms with Crippen molar-refractivity contribution in [1.82, 2.24) is 5.32 Å². The van der Waals surface area contributed by atoms with Gasteiger partial charge in [0, 0.05) is 23.7 Å². The van der Waals surface area contributed by atoms with E-state index in [-0.39, 0.29) is 11.6 Å². The summed E-state index contributed by atoms with van der Waals surface area (Å²) in [6, 6.07) is 17.8. The van der Waals surface area contributed by atoms with Crippen molar-refractivity contribution >= 4 is 11.6 Å². The zero-order valence-electron chi connectivity index (χ0n) is 11.9. The Morgan fingerprint density at radius 3 is 1.95 bits per heavy atom. The monoisotopic (exact) mass is 279 g/mol. The van der Waals surface area contributed by atoms with Crippen molar-refractivity contribution < 1.29 is 9.59 Å². The zero-order chi connectivity index (χ0) is 15.1. The Hall–Kier alpha value is -2.68. The van der Waals surface area contributed by atoms with Crippen molar-refractivity contribution in [2.24, 2.45) is 0 Å². The lowest BCUT2D eigenvalue weighted by Gasteiger charge is -2.08. The van der Waals surface area contributed by atoms with E-state index in [1.165, 1.54) is 6.08 Å². The van der Waals surface area contributed by atoms with Gasteiger partial charge in [-0.3, -0.25) is 9.59 Å². The van der Waals surface area contributed by atoms with Gasteiger partial charge in [-0.1, -0.05) is 60.7 Å². The van der Waals surface area contributed by atoms with Crippen molar-refractivity contribution in [1.29, 1.82) is 0 Å². The minimum absolute atomic E-state index is 0.179. The van der Waals surface area contributed by atoms with Gasteiger partial charge in [-0.2, -0.15) is 0 Å². The van der Waals surface area contributed by atoms with Crippen molar-refractivity contribution in [2.45, 2.75) is 6.92 Å². The Kier molecular flexibility index (Phi) is 5.04. The summed E-state index contributed by atoms with van der Waals surface area (Å²) < 4.78 is 0. The van der Waals surface area contributed by atoms with Crippen LogP contribution in [-0.2, 0) is 0 Å². The second-order valence-corrected chi connectivity index (χ2v) is 4.51. The average molecular weight is 279 g/mol. The van der Waals surface area contributed by atoms with E-state index in [1.54, 1.807) is 48.5 Å². The summed E-state index contributed by atoms with van der Waals surface area (Å²) in [6.45, 7) is 2.46. The van der Waals surface area contributed by atoms with Crippen LogP contribution in [0.3, 0.4) is 0 Å². The molecule has 0 radical (unpaired) electrons. The largest absolute Gasteiger partial charge is 0.382 e. The van der Waals surface area contributed by atoms with Crippen molar-refractivity contribution in [2.75, 3.05) is 6.54 Å². The van der Waals surface area contributed by atoms with Crippen LogP contribution in [0.15, 0.2) is 72.4 Å². The van der Waals surface area contributed by atoms with E-state index in [0.29, 0.717) is 23.4 Å². The molecule has 0 amide bonds. The van der Waals surface area contributed by atoms with Gasteiger partial charge in [0.05, 0.1) is 5.70 Å². The first-order valence-corrected chi connectivity index (χ1v) is 6.87. The van der Waals surface area contributed by atoms with Crippen LogP contribution in [0.2, 0.25) is 0 Å². The van der Waals surface area contributed by atoms with Crippen LogP contribution in [0, 0.1) is 0 Å². The summed E-state index contributed by atoms with van der Waals surface area (Å²) in [5, 5.41) is 2.97. The molecule has 3 heteroatoms. The minimum Gasteiger partial charge on any atom is -0.382 e. The van der Waals surface area contributed by atoms with Crippen LogP contribution in [0.1, 0.15) is 27.6 Å². The Morgan fingerprint density at radius 1 is 0.905 bits per heavy atom. The number of ketones is 2. The van der Waals surface area contributed by atoms with Gasteiger partial charge in [0.25, 0.3) is 0 Å². The molecule has 3 nitrogen and oxygen atoms in total. The molecule has 106 valence electrons. The molecule has 0 bridgehead atoms. The maximum atomic E-state index is 12.4. The molecule has 0 aliphatic carbocycles. The second kappa shape index (κ2) is 7.20. The molecule has 2 aromatic rings. The van der Waals surface area contributed by atoms with Gasteiger partial charge < -0.3 is 5.32 Å². The average Bonchev–Trinajstić information content (AvgIpc) is 2.55. The molecule has 0 aliphatic rings. The van der Waals surface area contributed by atoms with Crippen LogP contribution in [0.25, 0.3) is 0 Å². The minimum atomic E-state index is -0.184. The first-order chi connectivity index (χ1) is 10.2. The molecular weight excluding hydrogens is 262 g/mol. The number of nitrogens with one attached hydrogen (secondary N) is 1. The Labute approximate surface area is 124 Å². The number of Topliss-reactive ketones (excluding diaryl/α,β-unsaturated/α-hetero) is 1. The molecule has 0 heterocycles. The number of rotatable bonds is 6. The van der Waals surface area contributed by atoms with Gasteiger partial charge in [-0.25, -0.2) is 0 Å².